The Labute approximate surface area is 109 Å². The van der Waals surface area contributed by atoms with Gasteiger partial charge < -0.3 is 5.73 Å². The van der Waals surface area contributed by atoms with E-state index in [1.807, 2.05) is 0 Å². The summed E-state index contributed by atoms with van der Waals surface area (Å²) in [5.41, 5.74) is 8.69. The number of hydrogen-bond donors (Lipinski definition) is 1. The zero-order valence-corrected chi connectivity index (χ0v) is 11.5. The van der Waals surface area contributed by atoms with Crippen LogP contribution in [-0.2, 0) is 5.75 Å². The average molecular weight is 249 g/mol. The molecule has 1 aliphatic rings. The topological polar surface area (TPSA) is 26.0 Å². The van der Waals surface area contributed by atoms with Crippen LogP contribution in [0.5, 0.6) is 0 Å². The number of rotatable bonds is 4. The summed E-state index contributed by atoms with van der Waals surface area (Å²) in [5.74, 6) is 1.89. The fraction of sp³-hybridized carbons (Fsp3) is 0.600. The summed E-state index contributed by atoms with van der Waals surface area (Å²) in [6.07, 6.45) is 5.46. The molecule has 0 heterocycles. The number of nitrogens with two attached hydrogens (primary N) is 1. The maximum Gasteiger partial charge on any atom is 0.0187 e. The van der Waals surface area contributed by atoms with Crippen LogP contribution in [0, 0.1) is 12.8 Å². The zero-order chi connectivity index (χ0) is 12.1. The molecule has 1 nitrogen and oxygen atoms in total. The Hall–Kier alpha value is -0.470. The molecule has 0 amide bonds. The molecule has 1 saturated carbocycles. The minimum Gasteiger partial charge on any atom is -0.330 e. The van der Waals surface area contributed by atoms with Crippen molar-refractivity contribution in [2.24, 2.45) is 11.7 Å². The molecule has 94 valence electrons. The molecular weight excluding hydrogens is 226 g/mol. The van der Waals surface area contributed by atoms with E-state index >= 15 is 0 Å². The molecule has 2 atom stereocenters. The smallest absolute Gasteiger partial charge is 0.0187 e. The van der Waals surface area contributed by atoms with E-state index in [0.717, 1.165) is 23.5 Å². The number of thioether (sulfide) groups is 1. The highest BCUT2D eigenvalue weighted by molar-refractivity contribution is 7.99. The van der Waals surface area contributed by atoms with Crippen molar-refractivity contribution in [1.29, 1.82) is 0 Å². The Morgan fingerprint density at radius 3 is 2.88 bits per heavy atom. The van der Waals surface area contributed by atoms with E-state index in [9.17, 15) is 0 Å². The van der Waals surface area contributed by atoms with Gasteiger partial charge in [-0.05, 0) is 37.8 Å². The number of hydrogen-bond acceptors (Lipinski definition) is 2. The lowest BCUT2D eigenvalue weighted by Crippen LogP contribution is -2.28. The molecule has 1 aliphatic carbocycles. The average Bonchev–Trinajstić information content (AvgIpc) is 2.37. The largest absolute Gasteiger partial charge is 0.330 e. The summed E-state index contributed by atoms with van der Waals surface area (Å²) in [6.45, 7) is 3.03. The van der Waals surface area contributed by atoms with Crippen LogP contribution in [0.1, 0.15) is 36.8 Å². The third-order valence-corrected chi connectivity index (χ3v) is 5.24. The van der Waals surface area contributed by atoms with Gasteiger partial charge in [-0.2, -0.15) is 11.8 Å². The van der Waals surface area contributed by atoms with E-state index in [1.165, 1.54) is 36.8 Å². The van der Waals surface area contributed by atoms with Gasteiger partial charge in [0.2, 0.25) is 0 Å². The van der Waals surface area contributed by atoms with Gasteiger partial charge >= 0.3 is 0 Å². The van der Waals surface area contributed by atoms with Crippen molar-refractivity contribution in [1.82, 2.24) is 0 Å². The van der Waals surface area contributed by atoms with Crippen LogP contribution in [0.2, 0.25) is 0 Å². The van der Waals surface area contributed by atoms with Gasteiger partial charge in [-0.25, -0.2) is 0 Å². The summed E-state index contributed by atoms with van der Waals surface area (Å²) in [6, 6.07) is 8.86. The SMILES string of the molecule is Cc1cccc(CSC2CCCCC2CN)c1. The van der Waals surface area contributed by atoms with Crippen LogP contribution in [0.4, 0.5) is 0 Å². The first kappa shape index (κ1) is 13.0. The first-order chi connectivity index (χ1) is 8.29. The van der Waals surface area contributed by atoms with E-state index in [4.69, 9.17) is 5.73 Å². The Kier molecular flexibility index (Phi) is 4.93. The second-order valence-electron chi connectivity index (χ2n) is 5.12. The normalized spacial score (nSPS) is 24.8. The van der Waals surface area contributed by atoms with Crippen LogP contribution in [0.15, 0.2) is 24.3 Å². The van der Waals surface area contributed by atoms with Gasteiger partial charge in [0.05, 0.1) is 0 Å². The van der Waals surface area contributed by atoms with E-state index in [-0.39, 0.29) is 0 Å². The van der Waals surface area contributed by atoms with E-state index in [0.29, 0.717) is 0 Å². The second kappa shape index (κ2) is 6.46. The molecule has 17 heavy (non-hydrogen) atoms. The molecule has 0 saturated heterocycles. The molecule has 2 heteroatoms. The van der Waals surface area contributed by atoms with E-state index in [1.54, 1.807) is 0 Å². The zero-order valence-electron chi connectivity index (χ0n) is 10.7. The summed E-state index contributed by atoms with van der Waals surface area (Å²) < 4.78 is 0. The highest BCUT2D eigenvalue weighted by atomic mass is 32.2. The van der Waals surface area contributed by atoms with Gasteiger partial charge in [-0.3, -0.25) is 0 Å². The van der Waals surface area contributed by atoms with Gasteiger partial charge in [0.1, 0.15) is 0 Å². The Morgan fingerprint density at radius 2 is 2.12 bits per heavy atom. The molecule has 2 N–H and O–H groups in total. The van der Waals surface area contributed by atoms with Crippen LogP contribution in [0.25, 0.3) is 0 Å². The van der Waals surface area contributed by atoms with Crippen molar-refractivity contribution in [3.05, 3.63) is 35.4 Å². The predicted octanol–water partition coefficient (Wildman–Crippen LogP) is 3.75. The second-order valence-corrected chi connectivity index (χ2v) is 6.35. The first-order valence-corrected chi connectivity index (χ1v) is 7.71. The molecule has 1 aromatic carbocycles. The third kappa shape index (κ3) is 3.75. The minimum atomic E-state index is 0.749. The monoisotopic (exact) mass is 249 g/mol. The highest BCUT2D eigenvalue weighted by Crippen LogP contribution is 2.34. The van der Waals surface area contributed by atoms with Crippen LogP contribution >= 0.6 is 11.8 Å². The van der Waals surface area contributed by atoms with Gasteiger partial charge in [0.25, 0.3) is 0 Å². The van der Waals surface area contributed by atoms with E-state index in [2.05, 4.69) is 43.0 Å². The van der Waals surface area contributed by atoms with Crippen molar-refractivity contribution in [3.63, 3.8) is 0 Å². The first-order valence-electron chi connectivity index (χ1n) is 6.67. The van der Waals surface area contributed by atoms with Crippen molar-refractivity contribution >= 4 is 11.8 Å². The Morgan fingerprint density at radius 1 is 1.29 bits per heavy atom. The molecule has 0 aliphatic heterocycles. The lowest BCUT2D eigenvalue weighted by atomic mass is 9.89. The van der Waals surface area contributed by atoms with Gasteiger partial charge in [-0.1, -0.05) is 42.7 Å². The molecule has 0 radical (unpaired) electrons. The van der Waals surface area contributed by atoms with Gasteiger partial charge in [0, 0.05) is 11.0 Å². The van der Waals surface area contributed by atoms with Gasteiger partial charge in [-0.15, -0.1) is 0 Å². The van der Waals surface area contributed by atoms with Crippen molar-refractivity contribution in [3.8, 4) is 0 Å². The molecule has 2 rings (SSSR count). The summed E-state index contributed by atoms with van der Waals surface area (Å²) in [7, 11) is 0. The molecule has 1 aromatic rings. The molecule has 2 unspecified atom stereocenters. The minimum absolute atomic E-state index is 0.749. The molecular formula is C15H23NS. The maximum absolute atomic E-state index is 5.87. The van der Waals surface area contributed by atoms with Gasteiger partial charge in [0.15, 0.2) is 0 Å². The molecule has 0 bridgehead atoms. The van der Waals surface area contributed by atoms with Crippen LogP contribution in [-0.4, -0.2) is 11.8 Å². The van der Waals surface area contributed by atoms with Crippen molar-refractivity contribution in [2.75, 3.05) is 6.54 Å². The lowest BCUT2D eigenvalue weighted by Gasteiger charge is -2.30. The highest BCUT2D eigenvalue weighted by Gasteiger charge is 2.23. The van der Waals surface area contributed by atoms with E-state index < -0.39 is 0 Å². The lowest BCUT2D eigenvalue weighted by molar-refractivity contribution is 0.378. The molecule has 0 aromatic heterocycles. The molecule has 1 fully saturated rings. The predicted molar refractivity (Wildman–Crippen MR) is 77.3 cm³/mol. The standard InChI is InChI=1S/C15H23NS/c1-12-5-4-6-13(9-12)11-17-15-8-3-2-7-14(15)10-16/h4-6,9,14-15H,2-3,7-8,10-11,16H2,1H3. The Balaban J connectivity index is 1.88. The quantitative estimate of drug-likeness (QED) is 0.879. The summed E-state index contributed by atoms with van der Waals surface area (Å²) in [5, 5.41) is 0.786. The van der Waals surface area contributed by atoms with Crippen molar-refractivity contribution in [2.45, 2.75) is 43.6 Å². The number of aryl methyl sites for hydroxylation is 1. The summed E-state index contributed by atoms with van der Waals surface area (Å²) >= 11 is 2.11. The van der Waals surface area contributed by atoms with Crippen molar-refractivity contribution < 1.29 is 0 Å². The summed E-state index contributed by atoms with van der Waals surface area (Å²) in [4.78, 5) is 0. The molecule has 0 spiro atoms. The Bertz CT molecular complexity index is 351. The van der Waals surface area contributed by atoms with Crippen LogP contribution < -0.4 is 5.73 Å². The maximum atomic E-state index is 5.87. The third-order valence-electron chi connectivity index (χ3n) is 3.69. The fourth-order valence-corrected chi connectivity index (χ4v) is 4.11. The van der Waals surface area contributed by atoms with Crippen LogP contribution in [0.3, 0.4) is 0 Å². The number of benzene rings is 1. The fourth-order valence-electron chi connectivity index (χ4n) is 2.67.